The third kappa shape index (κ3) is 7.22. The highest BCUT2D eigenvalue weighted by molar-refractivity contribution is 5.03. The quantitative estimate of drug-likeness (QED) is 0.397. The summed E-state index contributed by atoms with van der Waals surface area (Å²) < 4.78 is 0. The zero-order chi connectivity index (χ0) is 6.95. The van der Waals surface area contributed by atoms with Gasteiger partial charge in [-0.2, -0.15) is 0 Å². The third-order valence-corrected chi connectivity index (χ3v) is 0.922. The van der Waals surface area contributed by atoms with E-state index in [1.807, 2.05) is 12.2 Å². The molecule has 0 aromatic rings. The van der Waals surface area contributed by atoms with Crippen LogP contribution < -0.4 is 0 Å². The molecule has 50 valence electrons. The first-order chi connectivity index (χ1) is 4.41. The molecule has 0 bridgehead atoms. The summed E-state index contributed by atoms with van der Waals surface area (Å²) in [5.41, 5.74) is 0. The summed E-state index contributed by atoms with van der Waals surface area (Å²) in [4.78, 5) is 0. The minimum atomic E-state index is 0.966. The molecule has 0 amide bonds. The van der Waals surface area contributed by atoms with Crippen molar-refractivity contribution in [3.05, 3.63) is 37.0 Å². The van der Waals surface area contributed by atoms with Crippen molar-refractivity contribution in [2.75, 3.05) is 0 Å². The van der Waals surface area contributed by atoms with Gasteiger partial charge >= 0.3 is 0 Å². The minimum absolute atomic E-state index is 0.966. The van der Waals surface area contributed by atoms with Gasteiger partial charge in [-0.3, -0.25) is 0 Å². The summed E-state index contributed by atoms with van der Waals surface area (Å²) in [6.07, 6.45) is 12.3. The lowest BCUT2D eigenvalue weighted by Gasteiger charge is -1.75. The topological polar surface area (TPSA) is 0 Å². The lowest BCUT2D eigenvalue weighted by Crippen LogP contribution is -1.54. The van der Waals surface area contributed by atoms with Crippen LogP contribution in [0.25, 0.3) is 0 Å². The van der Waals surface area contributed by atoms with Gasteiger partial charge in [0.2, 0.25) is 0 Å². The van der Waals surface area contributed by atoms with Gasteiger partial charge in [-0.05, 0) is 12.8 Å². The lowest BCUT2D eigenvalue weighted by molar-refractivity contribution is 1.22. The smallest absolute Gasteiger partial charge is 0.0169 e. The first-order valence-corrected chi connectivity index (χ1v) is 3.34. The SMILES string of the molecule is C=CC/C=C/C=C/CC. The highest BCUT2D eigenvalue weighted by Crippen LogP contribution is 1.85. The van der Waals surface area contributed by atoms with Gasteiger partial charge in [0.25, 0.3) is 0 Å². The molecule has 0 heteroatoms. The lowest BCUT2D eigenvalue weighted by atomic mass is 10.3. The number of allylic oxidation sites excluding steroid dienone is 5. The Balaban J connectivity index is 3.23. The van der Waals surface area contributed by atoms with Crippen LogP contribution in [0.5, 0.6) is 0 Å². The summed E-state index contributed by atoms with van der Waals surface area (Å²) in [5.74, 6) is 0. The van der Waals surface area contributed by atoms with E-state index in [0.717, 1.165) is 12.8 Å². The second-order valence-electron chi connectivity index (χ2n) is 1.79. The molecule has 0 saturated heterocycles. The molecular formula is C9H14. The Labute approximate surface area is 57.6 Å². The van der Waals surface area contributed by atoms with E-state index in [-0.39, 0.29) is 0 Å². The van der Waals surface area contributed by atoms with Gasteiger partial charge in [-0.15, -0.1) is 6.58 Å². The summed E-state index contributed by atoms with van der Waals surface area (Å²) in [7, 11) is 0. The van der Waals surface area contributed by atoms with Crippen molar-refractivity contribution in [3.8, 4) is 0 Å². The zero-order valence-corrected chi connectivity index (χ0v) is 6.01. The number of rotatable bonds is 4. The van der Waals surface area contributed by atoms with Gasteiger partial charge < -0.3 is 0 Å². The first kappa shape index (κ1) is 8.22. The van der Waals surface area contributed by atoms with E-state index in [4.69, 9.17) is 0 Å². The average molecular weight is 122 g/mol. The van der Waals surface area contributed by atoms with Crippen molar-refractivity contribution in [1.29, 1.82) is 0 Å². The predicted molar refractivity (Wildman–Crippen MR) is 43.4 cm³/mol. The Hall–Kier alpha value is -0.780. The van der Waals surface area contributed by atoms with Crippen LogP contribution in [0.1, 0.15) is 19.8 Å². The highest BCUT2D eigenvalue weighted by atomic mass is 13.7. The molecule has 0 rings (SSSR count). The van der Waals surface area contributed by atoms with Crippen molar-refractivity contribution >= 4 is 0 Å². The molecule has 0 saturated carbocycles. The van der Waals surface area contributed by atoms with Crippen LogP contribution in [-0.2, 0) is 0 Å². The third-order valence-electron chi connectivity index (χ3n) is 0.922. The highest BCUT2D eigenvalue weighted by Gasteiger charge is 1.64. The Morgan fingerprint density at radius 1 is 1.22 bits per heavy atom. The van der Waals surface area contributed by atoms with Crippen LogP contribution in [-0.4, -0.2) is 0 Å². The van der Waals surface area contributed by atoms with E-state index in [9.17, 15) is 0 Å². The molecule has 0 aliphatic rings. The molecule has 0 unspecified atom stereocenters. The Morgan fingerprint density at radius 3 is 2.44 bits per heavy atom. The summed E-state index contributed by atoms with van der Waals surface area (Å²) in [6.45, 7) is 5.73. The van der Waals surface area contributed by atoms with Gasteiger partial charge in [-0.25, -0.2) is 0 Å². The van der Waals surface area contributed by atoms with Gasteiger partial charge in [0.15, 0.2) is 0 Å². The van der Waals surface area contributed by atoms with E-state index in [1.165, 1.54) is 0 Å². The molecule has 0 radical (unpaired) electrons. The second-order valence-corrected chi connectivity index (χ2v) is 1.79. The van der Waals surface area contributed by atoms with Crippen LogP contribution >= 0.6 is 0 Å². The van der Waals surface area contributed by atoms with E-state index in [1.54, 1.807) is 0 Å². The summed E-state index contributed by atoms with van der Waals surface area (Å²) in [5, 5.41) is 0. The number of hydrogen-bond donors (Lipinski definition) is 0. The van der Waals surface area contributed by atoms with E-state index in [2.05, 4.69) is 31.7 Å². The van der Waals surface area contributed by atoms with Crippen LogP contribution in [0, 0.1) is 0 Å². The predicted octanol–water partition coefficient (Wildman–Crippen LogP) is 3.08. The monoisotopic (exact) mass is 122 g/mol. The average Bonchev–Trinajstić information content (AvgIpc) is 1.89. The van der Waals surface area contributed by atoms with Crippen LogP contribution in [0.3, 0.4) is 0 Å². The summed E-state index contributed by atoms with van der Waals surface area (Å²) >= 11 is 0. The van der Waals surface area contributed by atoms with E-state index < -0.39 is 0 Å². The molecule has 0 aliphatic heterocycles. The fraction of sp³-hybridized carbons (Fsp3) is 0.333. The maximum atomic E-state index is 3.60. The van der Waals surface area contributed by atoms with Gasteiger partial charge in [0, 0.05) is 0 Å². The molecule has 0 aromatic heterocycles. The molecule has 0 N–H and O–H groups in total. The van der Waals surface area contributed by atoms with Gasteiger partial charge in [0.05, 0.1) is 0 Å². The fourth-order valence-corrected chi connectivity index (χ4v) is 0.468. The van der Waals surface area contributed by atoms with Crippen molar-refractivity contribution in [2.45, 2.75) is 19.8 Å². The molecule has 0 aromatic carbocycles. The molecule has 0 fully saturated rings. The van der Waals surface area contributed by atoms with Crippen LogP contribution in [0.2, 0.25) is 0 Å². The normalized spacial score (nSPS) is 11.2. The molecule has 9 heavy (non-hydrogen) atoms. The molecule has 0 spiro atoms. The van der Waals surface area contributed by atoms with Crippen molar-refractivity contribution in [2.24, 2.45) is 0 Å². The minimum Gasteiger partial charge on any atom is -0.103 e. The van der Waals surface area contributed by atoms with Crippen molar-refractivity contribution in [3.63, 3.8) is 0 Å². The van der Waals surface area contributed by atoms with E-state index in [0.29, 0.717) is 0 Å². The zero-order valence-electron chi connectivity index (χ0n) is 6.01. The molecule has 0 atom stereocenters. The maximum absolute atomic E-state index is 3.60. The van der Waals surface area contributed by atoms with E-state index >= 15 is 0 Å². The molecule has 0 heterocycles. The molecule has 0 aliphatic carbocycles. The van der Waals surface area contributed by atoms with Crippen LogP contribution in [0.4, 0.5) is 0 Å². The van der Waals surface area contributed by atoms with Gasteiger partial charge in [-0.1, -0.05) is 37.3 Å². The van der Waals surface area contributed by atoms with Crippen molar-refractivity contribution in [1.82, 2.24) is 0 Å². The Bertz CT molecular complexity index is 107. The second kappa shape index (κ2) is 7.22. The van der Waals surface area contributed by atoms with Crippen LogP contribution in [0.15, 0.2) is 37.0 Å². The molecular weight excluding hydrogens is 108 g/mol. The standard InChI is InChI=1S/C9H14/c1-3-5-7-9-8-6-4-2/h3,6-9H,1,4-5H2,2H3/b8-6+,9-7+. The summed E-state index contributed by atoms with van der Waals surface area (Å²) in [6, 6.07) is 0. The van der Waals surface area contributed by atoms with Gasteiger partial charge in [0.1, 0.15) is 0 Å². The number of hydrogen-bond acceptors (Lipinski definition) is 0. The fourth-order valence-electron chi connectivity index (χ4n) is 0.468. The first-order valence-electron chi connectivity index (χ1n) is 3.34. The van der Waals surface area contributed by atoms with Crippen molar-refractivity contribution < 1.29 is 0 Å². The molecule has 0 nitrogen and oxygen atoms in total. The maximum Gasteiger partial charge on any atom is -0.0169 e. The largest absolute Gasteiger partial charge is 0.103 e. The Kier molecular flexibility index (Phi) is 6.59. The Morgan fingerprint density at radius 2 is 1.89 bits per heavy atom.